The van der Waals surface area contributed by atoms with Crippen molar-refractivity contribution in [2.24, 2.45) is 5.92 Å². The predicted octanol–water partition coefficient (Wildman–Crippen LogP) is 1.97. The Bertz CT molecular complexity index is 256. The third kappa shape index (κ3) is 6.81. The summed E-state index contributed by atoms with van der Waals surface area (Å²) in [5.41, 5.74) is 0. The summed E-state index contributed by atoms with van der Waals surface area (Å²) in [5.74, 6) is -0.455. The molecule has 0 aliphatic carbocycles. The van der Waals surface area contributed by atoms with Crippen LogP contribution < -0.4 is 10.6 Å². The second kappa shape index (κ2) is 7.92. The summed E-state index contributed by atoms with van der Waals surface area (Å²) in [6.07, 6.45) is 2.34. The summed E-state index contributed by atoms with van der Waals surface area (Å²) in [6, 6.07) is -1.17. The fraction of sp³-hybridized carbons (Fsp3) is 0.833. The highest BCUT2D eigenvalue weighted by atomic mass is 16.4. The number of carboxylic acids is 1. The highest BCUT2D eigenvalue weighted by Crippen LogP contribution is 2.09. The van der Waals surface area contributed by atoms with Gasteiger partial charge in [-0.2, -0.15) is 0 Å². The van der Waals surface area contributed by atoms with Crippen LogP contribution in [0.3, 0.4) is 0 Å². The monoisotopic (exact) mass is 244 g/mol. The summed E-state index contributed by atoms with van der Waals surface area (Å²) in [5, 5.41) is 14.0. The first-order chi connectivity index (χ1) is 7.90. The van der Waals surface area contributed by atoms with E-state index in [0.717, 1.165) is 12.8 Å². The number of amides is 2. The maximum absolute atomic E-state index is 11.5. The minimum absolute atomic E-state index is 0.0521. The lowest BCUT2D eigenvalue weighted by molar-refractivity contribution is -0.139. The lowest BCUT2D eigenvalue weighted by atomic mass is 10.0. The zero-order valence-electron chi connectivity index (χ0n) is 11.1. The maximum Gasteiger partial charge on any atom is 0.326 e. The Morgan fingerprint density at radius 1 is 1.12 bits per heavy atom. The van der Waals surface area contributed by atoms with Gasteiger partial charge in [0.05, 0.1) is 0 Å². The van der Waals surface area contributed by atoms with Crippen LogP contribution in [0.15, 0.2) is 0 Å². The Hall–Kier alpha value is -1.26. The number of urea groups is 1. The largest absolute Gasteiger partial charge is 0.480 e. The van der Waals surface area contributed by atoms with E-state index in [1.807, 2.05) is 6.92 Å². The van der Waals surface area contributed by atoms with Crippen molar-refractivity contribution in [2.45, 2.75) is 59.0 Å². The second-order valence-corrected chi connectivity index (χ2v) is 4.57. The van der Waals surface area contributed by atoms with Gasteiger partial charge in [-0.05, 0) is 25.7 Å². The molecule has 100 valence electrons. The molecule has 0 aliphatic heterocycles. The highest BCUT2D eigenvalue weighted by Gasteiger charge is 2.18. The molecule has 0 saturated heterocycles. The first-order valence-electron chi connectivity index (χ1n) is 6.20. The Kier molecular flexibility index (Phi) is 7.34. The van der Waals surface area contributed by atoms with E-state index in [4.69, 9.17) is 5.11 Å². The van der Waals surface area contributed by atoms with Crippen LogP contribution in [0.5, 0.6) is 0 Å². The molecule has 17 heavy (non-hydrogen) atoms. The molecular formula is C12H24N2O3. The Morgan fingerprint density at radius 2 is 1.71 bits per heavy atom. The Balaban J connectivity index is 4.04. The molecule has 0 aromatic rings. The van der Waals surface area contributed by atoms with Crippen molar-refractivity contribution >= 4 is 12.0 Å². The smallest absolute Gasteiger partial charge is 0.326 e. The molecule has 2 unspecified atom stereocenters. The minimum Gasteiger partial charge on any atom is -0.480 e. The number of carbonyl (C=O) groups excluding carboxylic acids is 1. The average Bonchev–Trinajstić information content (AvgIpc) is 2.24. The molecule has 0 aromatic carbocycles. The summed E-state index contributed by atoms with van der Waals surface area (Å²) in [4.78, 5) is 22.2. The van der Waals surface area contributed by atoms with Crippen LogP contribution in [0.25, 0.3) is 0 Å². The van der Waals surface area contributed by atoms with E-state index >= 15 is 0 Å². The van der Waals surface area contributed by atoms with E-state index in [1.54, 1.807) is 6.92 Å². The normalized spacial score (nSPS) is 15.8. The molecule has 0 heterocycles. The van der Waals surface area contributed by atoms with E-state index in [-0.39, 0.29) is 6.04 Å². The minimum atomic E-state index is -1.00. The summed E-state index contributed by atoms with van der Waals surface area (Å²) < 4.78 is 0. The number of carbonyl (C=O) groups is 2. The molecule has 5 heteroatoms. The van der Waals surface area contributed by atoms with E-state index in [9.17, 15) is 9.59 Å². The van der Waals surface area contributed by atoms with Gasteiger partial charge in [0.15, 0.2) is 0 Å². The Labute approximate surface area is 103 Å². The van der Waals surface area contributed by atoms with Crippen LogP contribution in [0, 0.1) is 5.92 Å². The van der Waals surface area contributed by atoms with Crippen molar-refractivity contribution in [1.82, 2.24) is 10.6 Å². The summed E-state index contributed by atoms with van der Waals surface area (Å²) >= 11 is 0. The lowest BCUT2D eigenvalue weighted by Crippen LogP contribution is -2.48. The molecule has 0 aromatic heterocycles. The second-order valence-electron chi connectivity index (χ2n) is 4.57. The van der Waals surface area contributed by atoms with Gasteiger partial charge >= 0.3 is 12.0 Å². The zero-order chi connectivity index (χ0) is 13.4. The van der Waals surface area contributed by atoms with Crippen molar-refractivity contribution in [3.63, 3.8) is 0 Å². The van der Waals surface area contributed by atoms with E-state index in [0.29, 0.717) is 12.3 Å². The predicted molar refractivity (Wildman–Crippen MR) is 66.9 cm³/mol. The first kappa shape index (κ1) is 15.7. The quantitative estimate of drug-likeness (QED) is 0.640. The summed E-state index contributed by atoms with van der Waals surface area (Å²) in [7, 11) is 0. The van der Waals surface area contributed by atoms with Gasteiger partial charge in [-0.15, -0.1) is 0 Å². The number of nitrogens with one attached hydrogen (secondary N) is 2. The standard InChI is InChI=1S/C12H24N2O3/c1-5-8(3)7-9(4)13-12(17)14-10(6-2)11(15)16/h8-10H,5-7H2,1-4H3,(H,15,16)(H2,13,14,17)/t8?,9?,10-/m1/s1. The molecule has 3 atom stereocenters. The van der Waals surface area contributed by atoms with Crippen LogP contribution in [-0.2, 0) is 4.79 Å². The molecule has 2 amide bonds. The number of carboxylic acid groups (broad SMARTS) is 1. The van der Waals surface area contributed by atoms with Gasteiger partial charge < -0.3 is 15.7 Å². The van der Waals surface area contributed by atoms with Crippen LogP contribution in [0.2, 0.25) is 0 Å². The molecular weight excluding hydrogens is 220 g/mol. The molecule has 0 radical (unpaired) electrons. The van der Waals surface area contributed by atoms with Gasteiger partial charge in [0.1, 0.15) is 6.04 Å². The fourth-order valence-corrected chi connectivity index (χ4v) is 1.59. The van der Waals surface area contributed by atoms with Crippen LogP contribution >= 0.6 is 0 Å². The number of rotatable bonds is 7. The fourth-order valence-electron chi connectivity index (χ4n) is 1.59. The zero-order valence-corrected chi connectivity index (χ0v) is 11.1. The number of aliphatic carboxylic acids is 1. The maximum atomic E-state index is 11.5. The molecule has 0 saturated carbocycles. The van der Waals surface area contributed by atoms with Gasteiger partial charge in [-0.3, -0.25) is 0 Å². The van der Waals surface area contributed by atoms with Crippen LogP contribution in [-0.4, -0.2) is 29.2 Å². The lowest BCUT2D eigenvalue weighted by Gasteiger charge is -2.19. The molecule has 0 rings (SSSR count). The van der Waals surface area contributed by atoms with Crippen molar-refractivity contribution in [3.8, 4) is 0 Å². The first-order valence-corrected chi connectivity index (χ1v) is 6.20. The molecule has 0 bridgehead atoms. The van der Waals surface area contributed by atoms with Gasteiger partial charge in [-0.1, -0.05) is 27.2 Å². The number of hydrogen-bond donors (Lipinski definition) is 3. The molecule has 0 spiro atoms. The van der Waals surface area contributed by atoms with E-state index < -0.39 is 18.0 Å². The molecule has 0 fully saturated rings. The van der Waals surface area contributed by atoms with Crippen molar-refractivity contribution in [2.75, 3.05) is 0 Å². The SMILES string of the molecule is CCC(C)CC(C)NC(=O)N[C@H](CC)C(=O)O. The van der Waals surface area contributed by atoms with Crippen LogP contribution in [0.4, 0.5) is 4.79 Å². The Morgan fingerprint density at radius 3 is 2.12 bits per heavy atom. The van der Waals surface area contributed by atoms with Gasteiger partial charge in [0.25, 0.3) is 0 Å². The molecule has 5 nitrogen and oxygen atoms in total. The third-order valence-corrected chi connectivity index (χ3v) is 2.84. The van der Waals surface area contributed by atoms with Gasteiger partial charge in [-0.25, -0.2) is 9.59 Å². The van der Waals surface area contributed by atoms with Crippen molar-refractivity contribution < 1.29 is 14.7 Å². The van der Waals surface area contributed by atoms with Gasteiger partial charge in [0, 0.05) is 6.04 Å². The average molecular weight is 244 g/mol. The molecule has 0 aliphatic rings. The molecule has 3 N–H and O–H groups in total. The van der Waals surface area contributed by atoms with Crippen molar-refractivity contribution in [3.05, 3.63) is 0 Å². The highest BCUT2D eigenvalue weighted by molar-refractivity contribution is 5.82. The van der Waals surface area contributed by atoms with E-state index in [2.05, 4.69) is 24.5 Å². The van der Waals surface area contributed by atoms with Gasteiger partial charge in [0.2, 0.25) is 0 Å². The third-order valence-electron chi connectivity index (χ3n) is 2.84. The number of hydrogen-bond acceptors (Lipinski definition) is 2. The van der Waals surface area contributed by atoms with E-state index in [1.165, 1.54) is 0 Å². The van der Waals surface area contributed by atoms with Crippen LogP contribution in [0.1, 0.15) is 47.0 Å². The van der Waals surface area contributed by atoms with Crippen molar-refractivity contribution in [1.29, 1.82) is 0 Å². The topological polar surface area (TPSA) is 78.4 Å². The summed E-state index contributed by atoms with van der Waals surface area (Å²) in [6.45, 7) is 7.88.